The molecule has 29 heavy (non-hydrogen) atoms. The molecule has 140 valence electrons. The molecule has 1 spiro atoms. The van der Waals surface area contributed by atoms with E-state index in [1.165, 1.54) is 6.08 Å². The Kier molecular flexibility index (Phi) is 3.39. The summed E-state index contributed by atoms with van der Waals surface area (Å²) in [5, 5.41) is 13.2. The van der Waals surface area contributed by atoms with Crippen LogP contribution in [0.5, 0.6) is 0 Å². The zero-order valence-electron chi connectivity index (χ0n) is 14.9. The van der Waals surface area contributed by atoms with E-state index in [0.29, 0.717) is 22.2 Å². The highest BCUT2D eigenvalue weighted by Gasteiger charge is 2.52. The average molecular weight is 383 g/mol. The first-order chi connectivity index (χ1) is 14.0. The zero-order valence-corrected chi connectivity index (χ0v) is 14.9. The van der Waals surface area contributed by atoms with Gasteiger partial charge < -0.3 is 20.2 Å². The van der Waals surface area contributed by atoms with Gasteiger partial charge in [-0.05, 0) is 24.3 Å². The number of carbonyl (C=O) groups is 1. The second kappa shape index (κ2) is 5.84. The van der Waals surface area contributed by atoms with Gasteiger partial charge in [-0.25, -0.2) is 4.79 Å². The summed E-state index contributed by atoms with van der Waals surface area (Å²) in [5.41, 5.74) is 5.56. The lowest BCUT2D eigenvalue weighted by molar-refractivity contribution is -0.118. The number of nitrogens with one attached hydrogen (secondary N) is 1. The van der Waals surface area contributed by atoms with Crippen LogP contribution in [0.25, 0.3) is 16.7 Å². The van der Waals surface area contributed by atoms with E-state index in [1.807, 2.05) is 12.1 Å². The number of nitrogens with two attached hydrogens (primary N) is 1. The Hall–Kier alpha value is -4.31. The van der Waals surface area contributed by atoms with Crippen LogP contribution in [0.1, 0.15) is 11.1 Å². The molecular weight excluding hydrogens is 370 g/mol. The third-order valence-electron chi connectivity index (χ3n) is 5.19. The number of para-hydroxylation sites is 2. The van der Waals surface area contributed by atoms with Gasteiger partial charge in [0.15, 0.2) is 0 Å². The van der Waals surface area contributed by atoms with E-state index < -0.39 is 16.9 Å². The third-order valence-corrected chi connectivity index (χ3v) is 5.19. The van der Waals surface area contributed by atoms with E-state index in [4.69, 9.17) is 14.9 Å². The lowest BCUT2D eigenvalue weighted by Gasteiger charge is -2.29. The van der Waals surface area contributed by atoms with Crippen molar-refractivity contribution in [2.75, 3.05) is 5.32 Å². The monoisotopic (exact) mass is 383 g/mol. The summed E-state index contributed by atoms with van der Waals surface area (Å²) < 4.78 is 11.0. The first-order valence-corrected chi connectivity index (χ1v) is 8.80. The molecule has 1 atom stereocenters. The summed E-state index contributed by atoms with van der Waals surface area (Å²) in [6.45, 7) is 0. The smallest absolute Gasteiger partial charge is 0.347 e. The molecule has 3 heterocycles. The molecule has 0 aliphatic carbocycles. The number of benzene rings is 2. The molecule has 7 heteroatoms. The first-order valence-electron chi connectivity index (χ1n) is 8.80. The van der Waals surface area contributed by atoms with Crippen LogP contribution in [0, 0.1) is 11.3 Å². The maximum atomic E-state index is 13.0. The van der Waals surface area contributed by atoms with Crippen LogP contribution in [0.3, 0.4) is 0 Å². The quantitative estimate of drug-likeness (QED) is 0.624. The molecule has 3 aromatic rings. The van der Waals surface area contributed by atoms with E-state index in [0.717, 1.165) is 0 Å². The fourth-order valence-corrected chi connectivity index (χ4v) is 3.84. The molecule has 0 fully saturated rings. The molecule has 1 aromatic heterocycles. The normalized spacial score (nSPS) is 20.1. The molecule has 1 unspecified atom stereocenters. The van der Waals surface area contributed by atoms with Crippen LogP contribution in [-0.2, 0) is 14.9 Å². The van der Waals surface area contributed by atoms with Gasteiger partial charge in [0, 0.05) is 16.6 Å². The summed E-state index contributed by atoms with van der Waals surface area (Å²) >= 11 is 0. The standard InChI is InChI=1S/C22H13N3O4/c23-11-15-19(24)28-18(13-9-12-5-1-4-8-17(12)29-20(13)26)10-22(15)14-6-2-3-7-16(14)25-21(22)27/h1-10H,24H2,(H,25,27). The van der Waals surface area contributed by atoms with Gasteiger partial charge in [-0.2, -0.15) is 5.26 Å². The van der Waals surface area contributed by atoms with Gasteiger partial charge in [-0.3, -0.25) is 4.79 Å². The maximum Gasteiger partial charge on any atom is 0.347 e. The highest BCUT2D eigenvalue weighted by molar-refractivity contribution is 6.12. The Morgan fingerprint density at radius 2 is 1.83 bits per heavy atom. The third kappa shape index (κ3) is 2.23. The fourth-order valence-electron chi connectivity index (χ4n) is 3.84. The summed E-state index contributed by atoms with van der Waals surface area (Å²) in [7, 11) is 0. The molecule has 5 rings (SSSR count). The van der Waals surface area contributed by atoms with E-state index in [1.54, 1.807) is 48.5 Å². The molecule has 3 N–H and O–H groups in total. The molecule has 0 saturated carbocycles. The Bertz CT molecular complexity index is 1380. The van der Waals surface area contributed by atoms with E-state index >= 15 is 0 Å². The van der Waals surface area contributed by atoms with Gasteiger partial charge in [0.1, 0.15) is 34.0 Å². The molecule has 0 saturated heterocycles. The van der Waals surface area contributed by atoms with Crippen LogP contribution < -0.4 is 16.7 Å². The maximum absolute atomic E-state index is 13.0. The Labute approximate surface area is 164 Å². The number of anilines is 1. The molecule has 2 aromatic carbocycles. The number of amides is 1. The van der Waals surface area contributed by atoms with Crippen molar-refractivity contribution in [2.24, 2.45) is 5.73 Å². The zero-order chi connectivity index (χ0) is 20.2. The van der Waals surface area contributed by atoms with E-state index in [9.17, 15) is 14.9 Å². The van der Waals surface area contributed by atoms with Crippen molar-refractivity contribution in [3.05, 3.63) is 93.7 Å². The van der Waals surface area contributed by atoms with Crippen molar-refractivity contribution in [1.29, 1.82) is 5.26 Å². The molecule has 7 nitrogen and oxygen atoms in total. The van der Waals surface area contributed by atoms with Crippen molar-refractivity contribution in [2.45, 2.75) is 5.41 Å². The molecule has 1 amide bonds. The summed E-state index contributed by atoms with van der Waals surface area (Å²) in [6, 6.07) is 17.7. The lowest BCUT2D eigenvalue weighted by atomic mass is 9.73. The molecular formula is C22H13N3O4. The van der Waals surface area contributed by atoms with E-state index in [-0.39, 0.29) is 22.8 Å². The number of nitrogens with zero attached hydrogens (tertiary/aromatic N) is 1. The van der Waals surface area contributed by atoms with Gasteiger partial charge in [0.05, 0.1) is 0 Å². The predicted molar refractivity (Wildman–Crippen MR) is 105 cm³/mol. The van der Waals surface area contributed by atoms with Crippen LogP contribution in [0.2, 0.25) is 0 Å². The SMILES string of the molecule is N#CC1=C(N)OC(c2cc3ccccc3oc2=O)=CC12C(=O)Nc1ccccc12. The highest BCUT2D eigenvalue weighted by atomic mass is 16.5. The average Bonchev–Trinajstić information content (AvgIpc) is 2.99. The van der Waals surface area contributed by atoms with Gasteiger partial charge in [0.2, 0.25) is 11.8 Å². The Morgan fingerprint density at radius 3 is 2.66 bits per heavy atom. The van der Waals surface area contributed by atoms with E-state index in [2.05, 4.69) is 5.32 Å². The van der Waals surface area contributed by atoms with Crippen LogP contribution >= 0.6 is 0 Å². The minimum absolute atomic E-state index is 0.0334. The van der Waals surface area contributed by atoms with Gasteiger partial charge in [-0.15, -0.1) is 0 Å². The summed E-state index contributed by atoms with van der Waals surface area (Å²) in [5.74, 6) is -0.610. The number of hydrogen-bond acceptors (Lipinski definition) is 6. The lowest BCUT2D eigenvalue weighted by Crippen LogP contribution is -2.39. The number of nitriles is 1. The number of ether oxygens (including phenoxy) is 1. The number of rotatable bonds is 1. The topological polar surface area (TPSA) is 118 Å². The van der Waals surface area contributed by atoms with Crippen LogP contribution in [-0.4, -0.2) is 5.91 Å². The first kappa shape index (κ1) is 16.8. The van der Waals surface area contributed by atoms with Crippen molar-refractivity contribution in [3.63, 3.8) is 0 Å². The van der Waals surface area contributed by atoms with Gasteiger partial charge >= 0.3 is 5.63 Å². The number of fused-ring (bicyclic) bond motifs is 3. The fraction of sp³-hybridized carbons (Fsp3) is 0.0455. The molecule has 0 radical (unpaired) electrons. The summed E-state index contributed by atoms with van der Waals surface area (Å²) in [6.07, 6.45) is 1.46. The Morgan fingerprint density at radius 1 is 1.07 bits per heavy atom. The summed E-state index contributed by atoms with van der Waals surface area (Å²) in [4.78, 5) is 25.7. The molecule has 2 aliphatic rings. The van der Waals surface area contributed by atoms with Crippen molar-refractivity contribution in [1.82, 2.24) is 0 Å². The highest BCUT2D eigenvalue weighted by Crippen LogP contribution is 2.48. The number of hydrogen-bond donors (Lipinski definition) is 2. The number of carbonyl (C=O) groups excluding carboxylic acids is 1. The molecule has 2 aliphatic heterocycles. The largest absolute Gasteiger partial charge is 0.440 e. The Balaban J connectivity index is 1.80. The van der Waals surface area contributed by atoms with Gasteiger partial charge in [-0.1, -0.05) is 36.4 Å². The van der Waals surface area contributed by atoms with Gasteiger partial charge in [0.25, 0.3) is 0 Å². The van der Waals surface area contributed by atoms with Crippen LogP contribution in [0.4, 0.5) is 5.69 Å². The minimum Gasteiger partial charge on any atom is -0.440 e. The predicted octanol–water partition coefficient (Wildman–Crippen LogP) is 2.75. The molecule has 0 bridgehead atoms. The second-order valence-electron chi connectivity index (χ2n) is 6.75. The van der Waals surface area contributed by atoms with Crippen molar-refractivity contribution < 1.29 is 13.9 Å². The van der Waals surface area contributed by atoms with Crippen LogP contribution in [0.15, 0.2) is 81.3 Å². The second-order valence-corrected chi connectivity index (χ2v) is 6.75. The van der Waals surface area contributed by atoms with Crippen molar-refractivity contribution in [3.8, 4) is 6.07 Å². The minimum atomic E-state index is -1.49. The van der Waals surface area contributed by atoms with Crippen molar-refractivity contribution >= 4 is 28.3 Å².